The Kier molecular flexibility index (Phi) is 3.82. The lowest BCUT2D eigenvalue weighted by molar-refractivity contribution is 0.0617. The van der Waals surface area contributed by atoms with Crippen LogP contribution in [0.15, 0.2) is 0 Å². The molecule has 0 atom stereocenters. The molecular formula is C12H24N2. The Balaban J connectivity index is 1.76. The fourth-order valence-electron chi connectivity index (χ4n) is 2.89. The molecule has 0 aromatic carbocycles. The molecule has 1 heterocycles. The van der Waals surface area contributed by atoms with Crippen molar-refractivity contribution in [3.8, 4) is 0 Å². The maximum Gasteiger partial charge on any atom is 0.0243 e. The highest BCUT2D eigenvalue weighted by Crippen LogP contribution is 2.29. The molecule has 2 rings (SSSR count). The van der Waals surface area contributed by atoms with E-state index in [4.69, 9.17) is 0 Å². The second-order valence-electron chi connectivity index (χ2n) is 4.89. The van der Waals surface area contributed by atoms with Crippen LogP contribution in [-0.2, 0) is 0 Å². The average Bonchev–Trinajstić information content (AvgIpc) is 2.30. The molecule has 1 saturated heterocycles. The molecule has 1 N–H and O–H groups in total. The van der Waals surface area contributed by atoms with Gasteiger partial charge in [0.05, 0.1) is 0 Å². The average molecular weight is 196 g/mol. The molecule has 2 nitrogen and oxygen atoms in total. The molecule has 0 aromatic rings. The van der Waals surface area contributed by atoms with Crippen molar-refractivity contribution >= 4 is 0 Å². The Morgan fingerprint density at radius 1 is 1.14 bits per heavy atom. The zero-order chi connectivity index (χ0) is 9.80. The molecule has 0 radical (unpaired) electrons. The van der Waals surface area contributed by atoms with Crippen LogP contribution in [0.2, 0.25) is 0 Å². The van der Waals surface area contributed by atoms with Gasteiger partial charge in [0.25, 0.3) is 0 Å². The topological polar surface area (TPSA) is 15.3 Å². The lowest BCUT2D eigenvalue weighted by Gasteiger charge is -2.39. The van der Waals surface area contributed by atoms with Crippen LogP contribution in [0, 0.1) is 5.92 Å². The summed E-state index contributed by atoms with van der Waals surface area (Å²) in [5.41, 5.74) is 3.55. The predicted octanol–water partition coefficient (Wildman–Crippen LogP) is 2.56. The van der Waals surface area contributed by atoms with Crippen molar-refractivity contribution in [2.75, 3.05) is 13.1 Å². The van der Waals surface area contributed by atoms with Gasteiger partial charge < -0.3 is 0 Å². The molecule has 0 unspecified atom stereocenters. The van der Waals surface area contributed by atoms with Gasteiger partial charge in [0.2, 0.25) is 0 Å². The molecule has 0 aromatic heterocycles. The van der Waals surface area contributed by atoms with Crippen molar-refractivity contribution in [3.05, 3.63) is 0 Å². The summed E-state index contributed by atoms with van der Waals surface area (Å²) < 4.78 is 0. The number of hydrazine groups is 1. The number of nitrogens with one attached hydrogen (secondary N) is 1. The molecular weight excluding hydrogens is 172 g/mol. The molecule has 0 spiro atoms. The van der Waals surface area contributed by atoms with E-state index in [1.165, 1.54) is 58.0 Å². The second-order valence-corrected chi connectivity index (χ2v) is 4.89. The third-order valence-electron chi connectivity index (χ3n) is 3.98. The molecule has 1 aliphatic heterocycles. The zero-order valence-corrected chi connectivity index (χ0v) is 9.47. The maximum absolute atomic E-state index is 3.55. The molecule has 1 saturated carbocycles. The number of hydrogen-bond donors (Lipinski definition) is 1. The van der Waals surface area contributed by atoms with Gasteiger partial charge >= 0.3 is 0 Å². The standard InChI is InChI=1S/C12H24N2/c1-2-11-5-7-12(8-6-11)14-10-4-3-9-13-14/h11-13H,2-10H2,1H3. The van der Waals surface area contributed by atoms with Crippen LogP contribution < -0.4 is 5.43 Å². The van der Waals surface area contributed by atoms with Gasteiger partial charge in [-0.1, -0.05) is 13.3 Å². The molecule has 82 valence electrons. The van der Waals surface area contributed by atoms with E-state index >= 15 is 0 Å². The predicted molar refractivity (Wildman–Crippen MR) is 60.0 cm³/mol. The van der Waals surface area contributed by atoms with Gasteiger partial charge in [0.1, 0.15) is 0 Å². The largest absolute Gasteiger partial charge is 0.255 e. The van der Waals surface area contributed by atoms with Gasteiger partial charge in [0, 0.05) is 19.1 Å². The van der Waals surface area contributed by atoms with E-state index in [0.717, 1.165) is 12.0 Å². The fourth-order valence-corrected chi connectivity index (χ4v) is 2.89. The summed E-state index contributed by atoms with van der Waals surface area (Å²) in [6.45, 7) is 4.82. The van der Waals surface area contributed by atoms with Crippen LogP contribution in [0.5, 0.6) is 0 Å². The Hall–Kier alpha value is -0.0800. The summed E-state index contributed by atoms with van der Waals surface area (Å²) in [6.07, 6.45) is 9.90. The minimum atomic E-state index is 0.845. The lowest BCUT2D eigenvalue weighted by atomic mass is 9.84. The Labute approximate surface area is 88.0 Å². The zero-order valence-electron chi connectivity index (χ0n) is 9.47. The summed E-state index contributed by atoms with van der Waals surface area (Å²) >= 11 is 0. The smallest absolute Gasteiger partial charge is 0.0243 e. The first-order valence-corrected chi connectivity index (χ1v) is 6.40. The van der Waals surface area contributed by atoms with Crippen LogP contribution in [0.25, 0.3) is 0 Å². The maximum atomic E-state index is 3.55. The van der Waals surface area contributed by atoms with Crippen LogP contribution >= 0.6 is 0 Å². The number of hydrogen-bond acceptors (Lipinski definition) is 2. The summed E-state index contributed by atoms with van der Waals surface area (Å²) in [4.78, 5) is 0. The van der Waals surface area contributed by atoms with E-state index < -0.39 is 0 Å². The third-order valence-corrected chi connectivity index (χ3v) is 3.98. The normalized spacial score (nSPS) is 35.8. The van der Waals surface area contributed by atoms with E-state index in [1.807, 2.05) is 0 Å². The first-order chi connectivity index (χ1) is 6.90. The van der Waals surface area contributed by atoms with Gasteiger partial charge in [-0.25, -0.2) is 5.01 Å². The van der Waals surface area contributed by atoms with Gasteiger partial charge in [-0.05, 0) is 44.4 Å². The van der Waals surface area contributed by atoms with E-state index in [9.17, 15) is 0 Å². The van der Waals surface area contributed by atoms with Gasteiger partial charge in [-0.3, -0.25) is 5.43 Å². The van der Waals surface area contributed by atoms with Crippen molar-refractivity contribution < 1.29 is 0 Å². The van der Waals surface area contributed by atoms with Crippen molar-refractivity contribution in [1.82, 2.24) is 10.4 Å². The highest BCUT2D eigenvalue weighted by atomic mass is 15.5. The highest BCUT2D eigenvalue weighted by Gasteiger charge is 2.25. The van der Waals surface area contributed by atoms with Gasteiger partial charge in [-0.15, -0.1) is 0 Å². The highest BCUT2D eigenvalue weighted by molar-refractivity contribution is 4.78. The summed E-state index contributed by atoms with van der Waals surface area (Å²) in [6, 6.07) is 0.845. The van der Waals surface area contributed by atoms with E-state index in [2.05, 4.69) is 17.4 Å². The molecule has 2 aliphatic rings. The SMILES string of the molecule is CCC1CCC(N2CCCCN2)CC1. The van der Waals surface area contributed by atoms with Crippen molar-refractivity contribution in [3.63, 3.8) is 0 Å². The van der Waals surface area contributed by atoms with Crippen LogP contribution in [0.1, 0.15) is 51.9 Å². The monoisotopic (exact) mass is 196 g/mol. The third kappa shape index (κ3) is 2.48. The number of nitrogens with zero attached hydrogens (tertiary/aromatic N) is 1. The second kappa shape index (κ2) is 5.13. The minimum Gasteiger partial charge on any atom is -0.255 e. The molecule has 2 fully saturated rings. The minimum absolute atomic E-state index is 0.845. The first-order valence-electron chi connectivity index (χ1n) is 6.40. The molecule has 2 heteroatoms. The van der Waals surface area contributed by atoms with Crippen LogP contribution in [-0.4, -0.2) is 24.1 Å². The fraction of sp³-hybridized carbons (Fsp3) is 1.00. The summed E-state index contributed by atoms with van der Waals surface area (Å²) in [5.74, 6) is 1.02. The molecule has 14 heavy (non-hydrogen) atoms. The summed E-state index contributed by atoms with van der Waals surface area (Å²) in [5, 5.41) is 2.52. The lowest BCUT2D eigenvalue weighted by Crippen LogP contribution is -2.50. The Morgan fingerprint density at radius 2 is 1.93 bits per heavy atom. The van der Waals surface area contributed by atoms with E-state index in [-0.39, 0.29) is 0 Å². The molecule has 1 aliphatic carbocycles. The Morgan fingerprint density at radius 3 is 2.50 bits per heavy atom. The summed E-state index contributed by atoms with van der Waals surface area (Å²) in [7, 11) is 0. The quantitative estimate of drug-likeness (QED) is 0.730. The molecule has 0 amide bonds. The van der Waals surface area contributed by atoms with E-state index in [1.54, 1.807) is 0 Å². The van der Waals surface area contributed by atoms with Crippen LogP contribution in [0.3, 0.4) is 0 Å². The number of rotatable bonds is 2. The van der Waals surface area contributed by atoms with Gasteiger partial charge in [0.15, 0.2) is 0 Å². The van der Waals surface area contributed by atoms with Crippen molar-refractivity contribution in [2.45, 2.75) is 57.9 Å². The first kappa shape index (κ1) is 10.4. The molecule has 0 bridgehead atoms. The van der Waals surface area contributed by atoms with Gasteiger partial charge in [-0.2, -0.15) is 0 Å². The van der Waals surface area contributed by atoms with Crippen LogP contribution in [0.4, 0.5) is 0 Å². The van der Waals surface area contributed by atoms with Crippen molar-refractivity contribution in [1.29, 1.82) is 0 Å². The van der Waals surface area contributed by atoms with E-state index in [0.29, 0.717) is 0 Å². The Bertz CT molecular complexity index is 156. The van der Waals surface area contributed by atoms with Crippen molar-refractivity contribution in [2.24, 2.45) is 5.92 Å².